The van der Waals surface area contributed by atoms with E-state index in [-0.39, 0.29) is 0 Å². The van der Waals surface area contributed by atoms with Crippen LogP contribution in [0.4, 0.5) is 5.82 Å². The SMILES string of the molecule is CC(C)c1ccc(CNc2cc(Cl)nc(C3CC3)n2)cc1. The second-order valence-electron chi connectivity index (χ2n) is 5.96. The van der Waals surface area contributed by atoms with E-state index in [9.17, 15) is 0 Å². The zero-order valence-electron chi connectivity index (χ0n) is 12.4. The summed E-state index contributed by atoms with van der Waals surface area (Å²) in [5.74, 6) is 2.76. The van der Waals surface area contributed by atoms with Gasteiger partial charge in [-0.2, -0.15) is 0 Å². The molecule has 0 aliphatic heterocycles. The van der Waals surface area contributed by atoms with Crippen molar-refractivity contribution >= 4 is 17.4 Å². The standard InChI is InChI=1S/C17H20ClN3/c1-11(2)13-5-3-12(4-6-13)10-19-16-9-15(18)20-17(21-16)14-7-8-14/h3-6,9,11,14H,7-8,10H2,1-2H3,(H,19,20,21). The van der Waals surface area contributed by atoms with E-state index < -0.39 is 0 Å². The average molecular weight is 302 g/mol. The van der Waals surface area contributed by atoms with Gasteiger partial charge in [0.05, 0.1) is 0 Å². The molecule has 21 heavy (non-hydrogen) atoms. The summed E-state index contributed by atoms with van der Waals surface area (Å²) in [5, 5.41) is 3.86. The summed E-state index contributed by atoms with van der Waals surface area (Å²) in [6.07, 6.45) is 2.35. The number of rotatable bonds is 5. The normalized spacial score (nSPS) is 14.5. The Morgan fingerprint density at radius 2 is 1.90 bits per heavy atom. The highest BCUT2D eigenvalue weighted by molar-refractivity contribution is 6.29. The van der Waals surface area contributed by atoms with Crippen LogP contribution in [0.5, 0.6) is 0 Å². The first-order chi connectivity index (χ1) is 10.1. The molecule has 110 valence electrons. The van der Waals surface area contributed by atoms with Gasteiger partial charge in [0.25, 0.3) is 0 Å². The van der Waals surface area contributed by atoms with Crippen molar-refractivity contribution in [3.05, 3.63) is 52.4 Å². The van der Waals surface area contributed by atoms with Crippen molar-refractivity contribution in [2.45, 2.75) is 45.1 Å². The van der Waals surface area contributed by atoms with Crippen LogP contribution in [0.1, 0.15) is 55.5 Å². The molecular weight excluding hydrogens is 282 g/mol. The van der Waals surface area contributed by atoms with Crippen LogP contribution in [-0.2, 0) is 6.54 Å². The Labute approximate surface area is 130 Å². The van der Waals surface area contributed by atoms with Crippen molar-refractivity contribution < 1.29 is 0 Å². The van der Waals surface area contributed by atoms with E-state index in [1.807, 2.05) is 0 Å². The first-order valence-corrected chi connectivity index (χ1v) is 7.87. The molecule has 0 bridgehead atoms. The van der Waals surface area contributed by atoms with Crippen molar-refractivity contribution in [3.63, 3.8) is 0 Å². The van der Waals surface area contributed by atoms with E-state index in [2.05, 4.69) is 53.4 Å². The number of halogens is 1. The van der Waals surface area contributed by atoms with Gasteiger partial charge in [-0.05, 0) is 29.9 Å². The molecule has 0 unspecified atom stereocenters. The van der Waals surface area contributed by atoms with E-state index in [1.54, 1.807) is 6.07 Å². The van der Waals surface area contributed by atoms with E-state index in [1.165, 1.54) is 24.0 Å². The lowest BCUT2D eigenvalue weighted by molar-refractivity contribution is 0.865. The number of hydrogen-bond acceptors (Lipinski definition) is 3. The van der Waals surface area contributed by atoms with Gasteiger partial charge in [-0.3, -0.25) is 0 Å². The van der Waals surface area contributed by atoms with Crippen LogP contribution in [0.25, 0.3) is 0 Å². The van der Waals surface area contributed by atoms with Gasteiger partial charge < -0.3 is 5.32 Å². The fourth-order valence-corrected chi connectivity index (χ4v) is 2.45. The lowest BCUT2D eigenvalue weighted by atomic mass is 10.0. The Hall–Kier alpha value is -1.61. The molecule has 3 nitrogen and oxygen atoms in total. The van der Waals surface area contributed by atoms with Crippen LogP contribution < -0.4 is 5.32 Å². The molecule has 1 aliphatic carbocycles. The Balaban J connectivity index is 1.66. The highest BCUT2D eigenvalue weighted by Crippen LogP contribution is 2.38. The van der Waals surface area contributed by atoms with Gasteiger partial charge in [0.2, 0.25) is 0 Å². The molecule has 3 rings (SSSR count). The number of nitrogens with one attached hydrogen (secondary N) is 1. The molecule has 0 amide bonds. The van der Waals surface area contributed by atoms with Crippen LogP contribution in [0, 0.1) is 0 Å². The third-order valence-corrected chi connectivity index (χ3v) is 3.97. The first-order valence-electron chi connectivity index (χ1n) is 7.49. The third-order valence-electron chi connectivity index (χ3n) is 3.77. The van der Waals surface area contributed by atoms with Crippen LogP contribution in [0.15, 0.2) is 30.3 Å². The molecule has 4 heteroatoms. The summed E-state index contributed by atoms with van der Waals surface area (Å²) in [4.78, 5) is 8.85. The Morgan fingerprint density at radius 3 is 2.52 bits per heavy atom. The quantitative estimate of drug-likeness (QED) is 0.810. The minimum Gasteiger partial charge on any atom is -0.366 e. The fourth-order valence-electron chi connectivity index (χ4n) is 2.26. The van der Waals surface area contributed by atoms with E-state index in [4.69, 9.17) is 11.6 Å². The van der Waals surface area contributed by atoms with Crippen LogP contribution in [-0.4, -0.2) is 9.97 Å². The van der Waals surface area contributed by atoms with Gasteiger partial charge in [0.1, 0.15) is 16.8 Å². The summed E-state index contributed by atoms with van der Waals surface area (Å²) < 4.78 is 0. The zero-order valence-corrected chi connectivity index (χ0v) is 13.2. The summed E-state index contributed by atoms with van der Waals surface area (Å²) in [6.45, 7) is 5.15. The minimum absolute atomic E-state index is 0.509. The van der Waals surface area contributed by atoms with E-state index in [0.29, 0.717) is 17.0 Å². The molecule has 1 aliphatic rings. The lowest BCUT2D eigenvalue weighted by Crippen LogP contribution is -2.04. The molecule has 2 aromatic rings. The van der Waals surface area contributed by atoms with E-state index in [0.717, 1.165) is 18.2 Å². The number of hydrogen-bond donors (Lipinski definition) is 1. The van der Waals surface area contributed by atoms with Crippen molar-refractivity contribution in [2.24, 2.45) is 0 Å². The number of anilines is 1. The maximum atomic E-state index is 6.07. The summed E-state index contributed by atoms with van der Waals surface area (Å²) in [6, 6.07) is 10.5. The maximum absolute atomic E-state index is 6.07. The smallest absolute Gasteiger partial charge is 0.135 e. The number of aromatic nitrogens is 2. The summed E-state index contributed by atoms with van der Waals surface area (Å²) in [5.41, 5.74) is 2.60. The van der Waals surface area contributed by atoms with Crippen LogP contribution in [0.3, 0.4) is 0 Å². The van der Waals surface area contributed by atoms with Gasteiger partial charge in [-0.25, -0.2) is 9.97 Å². The molecule has 1 heterocycles. The Morgan fingerprint density at radius 1 is 1.19 bits per heavy atom. The van der Waals surface area contributed by atoms with Crippen LogP contribution >= 0.6 is 11.6 Å². The predicted molar refractivity (Wildman–Crippen MR) is 86.9 cm³/mol. The molecule has 1 aromatic heterocycles. The number of benzene rings is 1. The van der Waals surface area contributed by atoms with Gasteiger partial charge in [0.15, 0.2) is 0 Å². The van der Waals surface area contributed by atoms with Crippen molar-refractivity contribution in [2.75, 3.05) is 5.32 Å². The highest BCUT2D eigenvalue weighted by Gasteiger charge is 2.27. The third kappa shape index (κ3) is 3.73. The van der Waals surface area contributed by atoms with Crippen molar-refractivity contribution in [1.29, 1.82) is 0 Å². The van der Waals surface area contributed by atoms with Crippen molar-refractivity contribution in [3.8, 4) is 0 Å². The molecule has 1 fully saturated rings. The first kappa shape index (κ1) is 14.3. The maximum Gasteiger partial charge on any atom is 0.135 e. The molecule has 0 atom stereocenters. The average Bonchev–Trinajstić information content (AvgIpc) is 3.29. The van der Waals surface area contributed by atoms with Crippen LogP contribution in [0.2, 0.25) is 5.15 Å². The second-order valence-corrected chi connectivity index (χ2v) is 6.35. The van der Waals surface area contributed by atoms with E-state index >= 15 is 0 Å². The molecule has 0 saturated heterocycles. The lowest BCUT2D eigenvalue weighted by Gasteiger charge is -2.09. The van der Waals surface area contributed by atoms with Gasteiger partial charge in [0, 0.05) is 18.5 Å². The molecule has 1 aromatic carbocycles. The van der Waals surface area contributed by atoms with Gasteiger partial charge >= 0.3 is 0 Å². The van der Waals surface area contributed by atoms with Gasteiger partial charge in [-0.1, -0.05) is 49.7 Å². The predicted octanol–water partition coefficient (Wildman–Crippen LogP) is 4.74. The highest BCUT2D eigenvalue weighted by atomic mass is 35.5. The van der Waals surface area contributed by atoms with Crippen molar-refractivity contribution in [1.82, 2.24) is 9.97 Å². The molecular formula is C17H20ClN3. The summed E-state index contributed by atoms with van der Waals surface area (Å²) >= 11 is 6.07. The topological polar surface area (TPSA) is 37.8 Å². The monoisotopic (exact) mass is 301 g/mol. The summed E-state index contributed by atoms with van der Waals surface area (Å²) in [7, 11) is 0. The molecule has 1 N–H and O–H groups in total. The molecule has 0 radical (unpaired) electrons. The largest absolute Gasteiger partial charge is 0.366 e. The second kappa shape index (κ2) is 6.02. The van der Waals surface area contributed by atoms with Gasteiger partial charge in [-0.15, -0.1) is 0 Å². The minimum atomic E-state index is 0.509. The molecule has 1 saturated carbocycles. The Bertz CT molecular complexity index is 618. The fraction of sp³-hybridized carbons (Fsp3) is 0.412. The molecule has 0 spiro atoms. The Kier molecular flexibility index (Phi) is 4.11. The zero-order chi connectivity index (χ0) is 14.8. The number of nitrogens with zero attached hydrogens (tertiary/aromatic N) is 2.